The fourth-order valence-electron chi connectivity index (χ4n) is 3.23. The lowest BCUT2D eigenvalue weighted by Gasteiger charge is -2.36. The minimum Gasteiger partial charge on any atom is -0.481 e. The molecule has 1 heterocycles. The fraction of sp³-hybridized carbons (Fsp3) is 0.471. The van der Waals surface area contributed by atoms with Crippen LogP contribution in [-0.2, 0) is 9.59 Å². The van der Waals surface area contributed by atoms with Gasteiger partial charge in [0.2, 0.25) is 5.91 Å². The molecular formula is C17H19FN2O4S. The van der Waals surface area contributed by atoms with Crippen molar-refractivity contribution in [3.8, 4) is 5.75 Å². The van der Waals surface area contributed by atoms with Crippen LogP contribution in [0.1, 0.15) is 25.7 Å². The van der Waals surface area contributed by atoms with Crippen molar-refractivity contribution < 1.29 is 23.5 Å². The second-order valence-corrected chi connectivity index (χ2v) is 6.99. The Morgan fingerprint density at radius 1 is 1.28 bits per heavy atom. The molecule has 1 N–H and O–H groups in total. The predicted molar refractivity (Wildman–Crippen MR) is 90.8 cm³/mol. The van der Waals surface area contributed by atoms with Crippen LogP contribution in [0.3, 0.4) is 0 Å². The van der Waals surface area contributed by atoms with Gasteiger partial charge in [-0.05, 0) is 25.0 Å². The number of nitrogens with zero attached hydrogens (tertiary/aromatic N) is 1. The first-order valence-corrected chi connectivity index (χ1v) is 9.20. The molecule has 0 radical (unpaired) electrons. The maximum atomic E-state index is 13.5. The number of thioether (sulfide) groups is 1. The standard InChI is InChI=1S/C17H19FN2O4S/c18-11-5-1-4-8-14(11)24-9-15(21)19-12-6-2-3-7-13(12)20-16(22)10-25-17(20)23/h1,4-5,8,12-13H,2-3,6-7,9-10H2,(H,19,21). The number of hydrogen-bond acceptors (Lipinski definition) is 5. The Kier molecular flexibility index (Phi) is 5.57. The molecule has 2 atom stereocenters. The number of ether oxygens (including phenoxy) is 1. The van der Waals surface area contributed by atoms with Crippen molar-refractivity contribution in [3.05, 3.63) is 30.1 Å². The maximum absolute atomic E-state index is 13.5. The lowest BCUT2D eigenvalue weighted by molar-refractivity contribution is -0.129. The average molecular weight is 366 g/mol. The van der Waals surface area contributed by atoms with E-state index in [2.05, 4.69) is 5.32 Å². The van der Waals surface area contributed by atoms with E-state index in [0.29, 0.717) is 12.8 Å². The predicted octanol–water partition coefficient (Wildman–Crippen LogP) is 2.33. The van der Waals surface area contributed by atoms with Crippen LogP contribution < -0.4 is 10.1 Å². The Morgan fingerprint density at radius 2 is 2.04 bits per heavy atom. The van der Waals surface area contributed by atoms with E-state index >= 15 is 0 Å². The van der Waals surface area contributed by atoms with Gasteiger partial charge in [-0.3, -0.25) is 19.3 Å². The molecule has 2 fully saturated rings. The van der Waals surface area contributed by atoms with E-state index in [9.17, 15) is 18.8 Å². The van der Waals surface area contributed by atoms with E-state index in [1.54, 1.807) is 6.07 Å². The molecule has 1 saturated heterocycles. The van der Waals surface area contributed by atoms with Crippen LogP contribution in [0.25, 0.3) is 0 Å². The number of amides is 3. The van der Waals surface area contributed by atoms with Crippen LogP contribution in [0.2, 0.25) is 0 Å². The van der Waals surface area contributed by atoms with Crippen molar-refractivity contribution in [2.24, 2.45) is 0 Å². The first-order chi connectivity index (χ1) is 12.1. The van der Waals surface area contributed by atoms with Crippen LogP contribution in [0, 0.1) is 5.82 Å². The van der Waals surface area contributed by atoms with Crippen molar-refractivity contribution in [1.82, 2.24) is 10.2 Å². The molecule has 0 bridgehead atoms. The quantitative estimate of drug-likeness (QED) is 0.866. The van der Waals surface area contributed by atoms with Gasteiger partial charge in [-0.15, -0.1) is 0 Å². The van der Waals surface area contributed by atoms with Crippen molar-refractivity contribution in [3.63, 3.8) is 0 Å². The molecule has 2 aliphatic rings. The van der Waals surface area contributed by atoms with Crippen molar-refractivity contribution in [2.45, 2.75) is 37.8 Å². The highest BCUT2D eigenvalue weighted by molar-refractivity contribution is 8.14. The van der Waals surface area contributed by atoms with Gasteiger partial charge in [-0.1, -0.05) is 36.7 Å². The van der Waals surface area contributed by atoms with Gasteiger partial charge in [0.05, 0.1) is 11.8 Å². The van der Waals surface area contributed by atoms with Crippen LogP contribution in [0.15, 0.2) is 24.3 Å². The molecule has 2 unspecified atom stereocenters. The number of para-hydroxylation sites is 1. The van der Waals surface area contributed by atoms with Crippen LogP contribution in [-0.4, -0.2) is 46.4 Å². The second-order valence-electron chi connectivity index (χ2n) is 6.06. The van der Waals surface area contributed by atoms with Gasteiger partial charge in [0.25, 0.3) is 11.1 Å². The summed E-state index contributed by atoms with van der Waals surface area (Å²) in [4.78, 5) is 37.4. The summed E-state index contributed by atoms with van der Waals surface area (Å²) in [7, 11) is 0. The largest absolute Gasteiger partial charge is 0.481 e. The minimum atomic E-state index is -0.531. The van der Waals surface area contributed by atoms with E-state index in [1.165, 1.54) is 23.1 Å². The molecule has 6 nitrogen and oxygen atoms in total. The summed E-state index contributed by atoms with van der Waals surface area (Å²) in [5.74, 6) is -0.960. The van der Waals surface area contributed by atoms with Gasteiger partial charge < -0.3 is 10.1 Å². The summed E-state index contributed by atoms with van der Waals surface area (Å²) in [6, 6.07) is 5.25. The molecule has 0 aromatic heterocycles. The van der Waals surface area contributed by atoms with Crippen molar-refractivity contribution in [2.75, 3.05) is 12.4 Å². The highest BCUT2D eigenvalue weighted by Crippen LogP contribution is 2.30. The van der Waals surface area contributed by atoms with Gasteiger partial charge in [-0.25, -0.2) is 4.39 Å². The number of imide groups is 1. The number of carbonyl (C=O) groups is 3. The number of benzene rings is 1. The SMILES string of the molecule is O=C(COc1ccccc1F)NC1CCCCC1N1C(=O)CSC1=O. The molecule has 134 valence electrons. The Balaban J connectivity index is 1.59. The molecule has 8 heteroatoms. The zero-order valence-corrected chi connectivity index (χ0v) is 14.4. The van der Waals surface area contributed by atoms with Crippen LogP contribution in [0.4, 0.5) is 9.18 Å². The van der Waals surface area contributed by atoms with E-state index < -0.39 is 11.7 Å². The van der Waals surface area contributed by atoms with E-state index in [1.807, 2.05) is 0 Å². The van der Waals surface area contributed by atoms with Gasteiger partial charge in [0.15, 0.2) is 18.2 Å². The number of halogens is 1. The average Bonchev–Trinajstić information content (AvgIpc) is 2.93. The summed E-state index contributed by atoms with van der Waals surface area (Å²) >= 11 is 0.996. The lowest BCUT2D eigenvalue weighted by Crippen LogP contribution is -2.55. The summed E-state index contributed by atoms with van der Waals surface area (Å²) in [6.45, 7) is -0.319. The highest BCUT2D eigenvalue weighted by atomic mass is 32.2. The van der Waals surface area contributed by atoms with Gasteiger partial charge in [0.1, 0.15) is 0 Å². The van der Waals surface area contributed by atoms with Gasteiger partial charge in [0, 0.05) is 6.04 Å². The normalized spacial score (nSPS) is 23.6. The third kappa shape index (κ3) is 4.12. The van der Waals surface area contributed by atoms with Crippen LogP contribution >= 0.6 is 11.8 Å². The number of nitrogens with one attached hydrogen (secondary N) is 1. The second kappa shape index (κ2) is 7.86. The first-order valence-electron chi connectivity index (χ1n) is 8.22. The zero-order chi connectivity index (χ0) is 17.8. The molecule has 1 aromatic carbocycles. The Bertz CT molecular complexity index is 668. The Hall–Kier alpha value is -2.09. The maximum Gasteiger partial charge on any atom is 0.289 e. The van der Waals surface area contributed by atoms with E-state index in [-0.39, 0.29) is 41.3 Å². The van der Waals surface area contributed by atoms with Gasteiger partial charge >= 0.3 is 0 Å². The van der Waals surface area contributed by atoms with E-state index in [4.69, 9.17) is 4.74 Å². The summed E-state index contributed by atoms with van der Waals surface area (Å²) in [5.41, 5.74) is 0. The fourth-order valence-corrected chi connectivity index (χ4v) is 3.99. The smallest absolute Gasteiger partial charge is 0.289 e. The minimum absolute atomic E-state index is 0.0131. The van der Waals surface area contributed by atoms with Crippen molar-refractivity contribution in [1.29, 1.82) is 0 Å². The number of hydrogen-bond donors (Lipinski definition) is 1. The summed E-state index contributed by atoms with van der Waals surface area (Å²) < 4.78 is 18.7. The monoisotopic (exact) mass is 366 g/mol. The van der Waals surface area contributed by atoms with Crippen molar-refractivity contribution >= 4 is 28.8 Å². The first kappa shape index (κ1) is 17.7. The number of carbonyl (C=O) groups excluding carboxylic acids is 3. The molecule has 3 rings (SSSR count). The molecule has 25 heavy (non-hydrogen) atoms. The molecule has 1 aliphatic carbocycles. The Labute approximate surface area is 149 Å². The number of rotatable bonds is 5. The van der Waals surface area contributed by atoms with Crippen LogP contribution in [0.5, 0.6) is 5.75 Å². The molecule has 1 aliphatic heterocycles. The third-order valence-electron chi connectivity index (χ3n) is 4.39. The van der Waals surface area contributed by atoms with E-state index in [0.717, 1.165) is 24.6 Å². The molecule has 1 saturated carbocycles. The van der Waals surface area contributed by atoms with Gasteiger partial charge in [-0.2, -0.15) is 0 Å². The molecular weight excluding hydrogens is 347 g/mol. The topological polar surface area (TPSA) is 75.7 Å². The molecule has 1 aromatic rings. The molecule has 3 amide bonds. The summed E-state index contributed by atoms with van der Waals surface area (Å²) in [5, 5.41) is 2.58. The Morgan fingerprint density at radius 3 is 2.76 bits per heavy atom. The highest BCUT2D eigenvalue weighted by Gasteiger charge is 2.41. The third-order valence-corrected chi connectivity index (χ3v) is 5.22. The molecule has 0 spiro atoms. The lowest BCUT2D eigenvalue weighted by atomic mass is 9.89. The summed E-state index contributed by atoms with van der Waals surface area (Å²) in [6.07, 6.45) is 3.19. The zero-order valence-electron chi connectivity index (χ0n) is 13.6.